The SMILES string of the molecule is CCOC(=O)c1cc2ccsc2n1CC(=O)Nc1ccc(Cl)cc1F. The molecule has 0 radical (unpaired) electrons. The number of rotatable bonds is 5. The number of nitrogens with zero attached hydrogens (tertiary/aromatic N) is 1. The molecule has 2 heterocycles. The molecule has 0 fully saturated rings. The zero-order chi connectivity index (χ0) is 18.0. The standard InChI is InChI=1S/C17H14ClFN2O3S/c1-2-24-17(23)14-7-10-5-6-25-16(10)21(14)9-15(22)20-13-4-3-11(18)8-12(13)19/h3-8H,2,9H2,1H3,(H,20,22). The summed E-state index contributed by atoms with van der Waals surface area (Å²) < 4.78 is 20.4. The maximum atomic E-state index is 13.8. The molecule has 0 aliphatic rings. The maximum absolute atomic E-state index is 13.8. The van der Waals surface area contributed by atoms with E-state index in [9.17, 15) is 14.0 Å². The van der Waals surface area contributed by atoms with E-state index in [0.717, 1.165) is 16.3 Å². The predicted molar refractivity (Wildman–Crippen MR) is 95.8 cm³/mol. The van der Waals surface area contributed by atoms with Crippen LogP contribution in [0, 0.1) is 5.82 Å². The van der Waals surface area contributed by atoms with Gasteiger partial charge < -0.3 is 14.6 Å². The summed E-state index contributed by atoms with van der Waals surface area (Å²) >= 11 is 7.11. The Kier molecular flexibility index (Phi) is 5.06. The number of halogens is 2. The highest BCUT2D eigenvalue weighted by Gasteiger charge is 2.20. The van der Waals surface area contributed by atoms with Crippen LogP contribution in [0.15, 0.2) is 35.7 Å². The Balaban J connectivity index is 1.86. The molecule has 5 nitrogen and oxygen atoms in total. The van der Waals surface area contributed by atoms with Crippen molar-refractivity contribution in [2.24, 2.45) is 0 Å². The third-order valence-electron chi connectivity index (χ3n) is 3.49. The van der Waals surface area contributed by atoms with Crippen LogP contribution >= 0.6 is 22.9 Å². The number of ether oxygens (including phenoxy) is 1. The summed E-state index contributed by atoms with van der Waals surface area (Å²) in [7, 11) is 0. The van der Waals surface area contributed by atoms with Crippen molar-refractivity contribution in [2.45, 2.75) is 13.5 Å². The molecule has 2 aromatic heterocycles. The van der Waals surface area contributed by atoms with Crippen molar-refractivity contribution < 1.29 is 18.7 Å². The number of carbonyl (C=O) groups is 2. The molecule has 3 aromatic rings. The predicted octanol–water partition coefficient (Wildman–Crippen LogP) is 4.31. The first-order valence-electron chi connectivity index (χ1n) is 7.48. The van der Waals surface area contributed by atoms with Gasteiger partial charge >= 0.3 is 5.97 Å². The molecule has 3 rings (SSSR count). The largest absolute Gasteiger partial charge is 0.461 e. The Morgan fingerprint density at radius 1 is 1.32 bits per heavy atom. The van der Waals surface area contributed by atoms with Gasteiger partial charge in [-0.1, -0.05) is 11.6 Å². The summed E-state index contributed by atoms with van der Waals surface area (Å²) in [5.74, 6) is -1.59. The highest BCUT2D eigenvalue weighted by atomic mass is 35.5. The maximum Gasteiger partial charge on any atom is 0.355 e. The molecule has 1 N–H and O–H groups in total. The fourth-order valence-corrected chi connectivity index (χ4v) is 3.49. The summed E-state index contributed by atoms with van der Waals surface area (Å²) in [5.41, 5.74) is 0.317. The number of thiophene rings is 1. The highest BCUT2D eigenvalue weighted by molar-refractivity contribution is 7.16. The average molecular weight is 381 g/mol. The molecular weight excluding hydrogens is 367 g/mol. The van der Waals surface area contributed by atoms with E-state index in [1.807, 2.05) is 11.4 Å². The molecule has 1 aromatic carbocycles. The van der Waals surface area contributed by atoms with Crippen LogP contribution in [0.4, 0.5) is 10.1 Å². The minimum Gasteiger partial charge on any atom is -0.461 e. The van der Waals surface area contributed by atoms with Crippen LogP contribution in [0.5, 0.6) is 0 Å². The number of carbonyl (C=O) groups excluding carboxylic acids is 2. The third-order valence-corrected chi connectivity index (χ3v) is 4.68. The fourth-order valence-electron chi connectivity index (χ4n) is 2.43. The van der Waals surface area contributed by atoms with Gasteiger partial charge in [-0.3, -0.25) is 4.79 Å². The second kappa shape index (κ2) is 7.25. The van der Waals surface area contributed by atoms with E-state index in [1.165, 1.54) is 23.5 Å². The van der Waals surface area contributed by atoms with Gasteiger partial charge in [0.05, 0.1) is 12.3 Å². The van der Waals surface area contributed by atoms with Crippen LogP contribution in [0.2, 0.25) is 5.02 Å². The van der Waals surface area contributed by atoms with Crippen molar-refractivity contribution in [3.63, 3.8) is 0 Å². The molecule has 0 aliphatic heterocycles. The lowest BCUT2D eigenvalue weighted by molar-refractivity contribution is -0.116. The van der Waals surface area contributed by atoms with Crippen LogP contribution in [0.1, 0.15) is 17.4 Å². The second-order valence-corrected chi connectivity index (χ2v) is 6.52. The van der Waals surface area contributed by atoms with Gasteiger partial charge in [0.1, 0.15) is 22.9 Å². The Bertz CT molecular complexity index is 951. The Morgan fingerprint density at radius 3 is 2.84 bits per heavy atom. The zero-order valence-corrected chi connectivity index (χ0v) is 14.8. The van der Waals surface area contributed by atoms with Gasteiger partial charge in [0, 0.05) is 10.4 Å². The summed E-state index contributed by atoms with van der Waals surface area (Å²) in [6.45, 7) is 1.81. The second-order valence-electron chi connectivity index (χ2n) is 5.19. The first-order chi connectivity index (χ1) is 12.0. The minimum absolute atomic E-state index is 0.0293. The molecule has 25 heavy (non-hydrogen) atoms. The molecule has 0 atom stereocenters. The smallest absolute Gasteiger partial charge is 0.355 e. The van der Waals surface area contributed by atoms with E-state index in [-0.39, 0.29) is 29.6 Å². The van der Waals surface area contributed by atoms with Crippen molar-refractivity contribution in [3.8, 4) is 0 Å². The number of fused-ring (bicyclic) bond motifs is 1. The van der Waals surface area contributed by atoms with Gasteiger partial charge in [-0.15, -0.1) is 11.3 Å². The van der Waals surface area contributed by atoms with Crippen molar-refractivity contribution in [2.75, 3.05) is 11.9 Å². The fraction of sp³-hybridized carbons (Fsp3) is 0.176. The van der Waals surface area contributed by atoms with E-state index in [0.29, 0.717) is 0 Å². The lowest BCUT2D eigenvalue weighted by Gasteiger charge is -2.10. The van der Waals surface area contributed by atoms with Gasteiger partial charge in [-0.05, 0) is 42.6 Å². The van der Waals surface area contributed by atoms with Gasteiger partial charge in [-0.2, -0.15) is 0 Å². The number of benzene rings is 1. The third kappa shape index (κ3) is 3.67. The summed E-state index contributed by atoms with van der Waals surface area (Å²) in [4.78, 5) is 25.2. The molecule has 8 heteroatoms. The zero-order valence-electron chi connectivity index (χ0n) is 13.2. The molecule has 0 aliphatic carbocycles. The van der Waals surface area contributed by atoms with Crippen LogP contribution < -0.4 is 5.32 Å². The van der Waals surface area contributed by atoms with Gasteiger partial charge in [0.15, 0.2) is 0 Å². The molecule has 0 bridgehead atoms. The van der Waals surface area contributed by atoms with Crippen molar-refractivity contribution in [3.05, 3.63) is 52.2 Å². The molecule has 0 spiro atoms. The van der Waals surface area contributed by atoms with Crippen molar-refractivity contribution in [1.82, 2.24) is 4.57 Å². The molecule has 0 saturated heterocycles. The number of hydrogen-bond acceptors (Lipinski definition) is 4. The molecular formula is C17H14ClFN2O3S. The molecule has 0 saturated carbocycles. The number of aromatic nitrogens is 1. The van der Waals surface area contributed by atoms with E-state index in [2.05, 4.69) is 5.32 Å². The number of nitrogens with one attached hydrogen (secondary N) is 1. The Morgan fingerprint density at radius 2 is 2.12 bits per heavy atom. The molecule has 1 amide bonds. The lowest BCUT2D eigenvalue weighted by atomic mass is 10.3. The van der Waals surface area contributed by atoms with E-state index < -0.39 is 17.7 Å². The molecule has 130 valence electrons. The van der Waals surface area contributed by atoms with E-state index >= 15 is 0 Å². The molecule has 0 unspecified atom stereocenters. The van der Waals surface area contributed by atoms with Gasteiger partial charge in [-0.25, -0.2) is 9.18 Å². The topological polar surface area (TPSA) is 60.3 Å². The summed E-state index contributed by atoms with van der Waals surface area (Å²) in [6, 6.07) is 7.53. The number of esters is 1. The minimum atomic E-state index is -0.625. The van der Waals surface area contributed by atoms with E-state index in [4.69, 9.17) is 16.3 Å². The van der Waals surface area contributed by atoms with Crippen LogP contribution in [-0.2, 0) is 16.1 Å². The summed E-state index contributed by atoms with van der Waals surface area (Å²) in [6.07, 6.45) is 0. The Hall–Kier alpha value is -2.38. The van der Waals surface area contributed by atoms with Crippen molar-refractivity contribution in [1.29, 1.82) is 0 Å². The normalized spacial score (nSPS) is 10.8. The quantitative estimate of drug-likeness (QED) is 0.671. The Labute approximate surface area is 152 Å². The average Bonchev–Trinajstić information content (AvgIpc) is 3.13. The first kappa shape index (κ1) is 17.4. The highest BCUT2D eigenvalue weighted by Crippen LogP contribution is 2.26. The van der Waals surface area contributed by atoms with Gasteiger partial charge in [0.25, 0.3) is 0 Å². The van der Waals surface area contributed by atoms with Crippen LogP contribution in [0.25, 0.3) is 10.2 Å². The van der Waals surface area contributed by atoms with Gasteiger partial charge in [0.2, 0.25) is 5.91 Å². The van der Waals surface area contributed by atoms with E-state index in [1.54, 1.807) is 17.6 Å². The number of hydrogen-bond donors (Lipinski definition) is 1. The van der Waals surface area contributed by atoms with Crippen molar-refractivity contribution >= 4 is 50.7 Å². The summed E-state index contributed by atoms with van der Waals surface area (Å²) in [5, 5.41) is 5.45. The number of anilines is 1. The monoisotopic (exact) mass is 380 g/mol. The lowest BCUT2D eigenvalue weighted by Crippen LogP contribution is -2.22. The van der Waals surface area contributed by atoms with Crippen LogP contribution in [0.3, 0.4) is 0 Å². The first-order valence-corrected chi connectivity index (χ1v) is 8.74. The van der Waals surface area contributed by atoms with Crippen LogP contribution in [-0.4, -0.2) is 23.1 Å². The number of amides is 1.